The number of aryl methyl sites for hydroxylation is 1. The number of nitrogens with zero attached hydrogens (tertiary/aromatic N) is 2. The summed E-state index contributed by atoms with van der Waals surface area (Å²) in [5, 5.41) is 5.81. The number of hydrogen-bond acceptors (Lipinski definition) is 6. The Kier molecular flexibility index (Phi) is 6.71. The summed E-state index contributed by atoms with van der Waals surface area (Å²) in [6, 6.07) is 20.5. The van der Waals surface area contributed by atoms with E-state index < -0.39 is 0 Å². The zero-order valence-corrected chi connectivity index (χ0v) is 20.7. The van der Waals surface area contributed by atoms with Gasteiger partial charge in [0.25, 0.3) is 0 Å². The monoisotopic (exact) mass is 505 g/mol. The topological polar surface area (TPSA) is 54.9 Å². The van der Waals surface area contributed by atoms with Crippen molar-refractivity contribution in [1.29, 1.82) is 0 Å². The van der Waals surface area contributed by atoms with Gasteiger partial charge in [-0.15, -0.1) is 22.7 Å². The van der Waals surface area contributed by atoms with Crippen LogP contribution in [0.1, 0.15) is 16.8 Å². The van der Waals surface area contributed by atoms with Crippen molar-refractivity contribution in [2.75, 3.05) is 5.32 Å². The molecule has 0 aliphatic carbocycles. The van der Waals surface area contributed by atoms with Crippen molar-refractivity contribution in [3.63, 3.8) is 0 Å². The minimum absolute atomic E-state index is 0.108. The lowest BCUT2D eigenvalue weighted by Crippen LogP contribution is -2.14. The van der Waals surface area contributed by atoms with Crippen molar-refractivity contribution in [3.8, 4) is 10.6 Å². The molecule has 5 rings (SSSR count). The van der Waals surface area contributed by atoms with Crippen molar-refractivity contribution in [2.45, 2.75) is 23.4 Å². The minimum atomic E-state index is -0.238. The molecule has 1 N–H and O–H groups in total. The fourth-order valence-corrected chi connectivity index (χ4v) is 6.25. The molecule has 4 nitrogen and oxygen atoms in total. The van der Waals surface area contributed by atoms with Gasteiger partial charge in [0.2, 0.25) is 5.91 Å². The molecular weight excluding hydrogens is 486 g/mol. The van der Waals surface area contributed by atoms with Crippen molar-refractivity contribution in [2.24, 2.45) is 0 Å². The first-order chi connectivity index (χ1) is 16.5. The molecule has 0 atom stereocenters. The van der Waals surface area contributed by atoms with Gasteiger partial charge < -0.3 is 5.32 Å². The summed E-state index contributed by atoms with van der Waals surface area (Å²) in [7, 11) is 0. The molecule has 5 aromatic rings. The lowest BCUT2D eigenvalue weighted by molar-refractivity contribution is -0.115. The van der Waals surface area contributed by atoms with E-state index in [-0.39, 0.29) is 18.1 Å². The van der Waals surface area contributed by atoms with Gasteiger partial charge in [-0.1, -0.05) is 30.0 Å². The third-order valence-electron chi connectivity index (χ3n) is 5.11. The first kappa shape index (κ1) is 22.7. The molecule has 0 saturated carbocycles. The molecule has 3 aromatic carbocycles. The van der Waals surface area contributed by atoms with Crippen LogP contribution in [0.2, 0.25) is 0 Å². The van der Waals surface area contributed by atoms with Crippen LogP contribution in [-0.4, -0.2) is 15.9 Å². The van der Waals surface area contributed by atoms with Crippen LogP contribution in [0.3, 0.4) is 0 Å². The van der Waals surface area contributed by atoms with Crippen LogP contribution < -0.4 is 5.32 Å². The average Bonchev–Trinajstić information content (AvgIpc) is 3.45. The number of amides is 1. The van der Waals surface area contributed by atoms with Gasteiger partial charge >= 0.3 is 0 Å². The molecule has 2 aromatic heterocycles. The molecule has 0 saturated heterocycles. The fraction of sp³-hybridized carbons (Fsp3) is 0.115. The average molecular weight is 506 g/mol. The Morgan fingerprint density at radius 1 is 1.03 bits per heavy atom. The first-order valence-corrected chi connectivity index (χ1v) is 13.3. The molecule has 0 spiro atoms. The van der Waals surface area contributed by atoms with Crippen LogP contribution >= 0.6 is 34.4 Å². The SMILES string of the molecule is Cc1ccc2nc(-c3ccc(NC(=O)Cc4csc(SCc5ccc(F)cc5)n4)cc3)sc2c1. The Morgan fingerprint density at radius 2 is 1.82 bits per heavy atom. The molecule has 0 fully saturated rings. The van der Waals surface area contributed by atoms with Crippen LogP contribution in [0.25, 0.3) is 20.8 Å². The normalized spacial score (nSPS) is 11.1. The minimum Gasteiger partial charge on any atom is -0.326 e. The van der Waals surface area contributed by atoms with Gasteiger partial charge in [-0.3, -0.25) is 4.79 Å². The number of aromatic nitrogens is 2. The van der Waals surface area contributed by atoms with Gasteiger partial charge in [0.15, 0.2) is 0 Å². The molecule has 0 aliphatic rings. The second-order valence-corrected chi connectivity index (χ2v) is 10.9. The zero-order valence-electron chi connectivity index (χ0n) is 18.2. The maximum atomic E-state index is 13.0. The number of thiazole rings is 2. The highest BCUT2D eigenvalue weighted by Crippen LogP contribution is 2.31. The first-order valence-electron chi connectivity index (χ1n) is 10.6. The largest absolute Gasteiger partial charge is 0.326 e. The number of carbonyl (C=O) groups is 1. The molecule has 34 heavy (non-hydrogen) atoms. The molecule has 2 heterocycles. The van der Waals surface area contributed by atoms with Crippen molar-refractivity contribution in [1.82, 2.24) is 9.97 Å². The lowest BCUT2D eigenvalue weighted by atomic mass is 10.2. The van der Waals surface area contributed by atoms with E-state index in [1.165, 1.54) is 33.7 Å². The Hall–Kier alpha value is -3.07. The fourth-order valence-electron chi connectivity index (χ4n) is 3.38. The number of carbonyl (C=O) groups excluding carboxylic acids is 1. The van der Waals surface area contributed by atoms with Gasteiger partial charge in [0.05, 0.1) is 22.3 Å². The highest BCUT2D eigenvalue weighted by Gasteiger charge is 2.10. The molecule has 8 heteroatoms. The molecule has 0 aliphatic heterocycles. The van der Waals surface area contributed by atoms with Crippen molar-refractivity contribution < 1.29 is 9.18 Å². The van der Waals surface area contributed by atoms with Gasteiger partial charge in [0.1, 0.15) is 15.2 Å². The Morgan fingerprint density at radius 3 is 2.62 bits per heavy atom. The van der Waals surface area contributed by atoms with E-state index in [0.29, 0.717) is 5.75 Å². The summed E-state index contributed by atoms with van der Waals surface area (Å²) in [6.07, 6.45) is 0.215. The van der Waals surface area contributed by atoms with Crippen LogP contribution in [0.4, 0.5) is 10.1 Å². The highest BCUT2D eigenvalue weighted by molar-refractivity contribution is 8.00. The Balaban J connectivity index is 1.16. The van der Waals surface area contributed by atoms with Gasteiger partial charge in [-0.25, -0.2) is 14.4 Å². The van der Waals surface area contributed by atoms with E-state index in [0.717, 1.165) is 37.4 Å². The van der Waals surface area contributed by atoms with E-state index in [9.17, 15) is 9.18 Å². The van der Waals surface area contributed by atoms with Crippen molar-refractivity contribution in [3.05, 3.63) is 94.7 Å². The molecule has 0 bridgehead atoms. The third-order valence-corrected chi connectivity index (χ3v) is 8.32. The summed E-state index contributed by atoms with van der Waals surface area (Å²) in [6.45, 7) is 2.08. The molecule has 170 valence electrons. The summed E-state index contributed by atoms with van der Waals surface area (Å²) in [5.74, 6) is 0.362. The summed E-state index contributed by atoms with van der Waals surface area (Å²) in [4.78, 5) is 21.8. The molecule has 0 radical (unpaired) electrons. The van der Waals surface area contributed by atoms with Crippen LogP contribution in [0.15, 0.2) is 76.4 Å². The predicted octanol–water partition coefficient (Wildman–Crippen LogP) is 7.34. The van der Waals surface area contributed by atoms with E-state index >= 15 is 0 Å². The molecular formula is C26H20FN3OS3. The smallest absolute Gasteiger partial charge is 0.230 e. The standard InChI is InChI=1S/C26H20FN3OS3/c1-16-2-11-22-23(12-16)34-25(30-22)18-5-9-20(10-6-18)28-24(31)13-21-15-33-26(29-21)32-14-17-3-7-19(27)8-4-17/h2-12,15H,13-14H2,1H3,(H,28,31). The number of halogens is 1. The second kappa shape index (κ2) is 10.0. The number of thioether (sulfide) groups is 1. The summed E-state index contributed by atoms with van der Waals surface area (Å²) < 4.78 is 15.1. The van der Waals surface area contributed by atoms with Crippen LogP contribution in [0, 0.1) is 12.7 Å². The summed E-state index contributed by atoms with van der Waals surface area (Å²) in [5.41, 5.74) is 5.77. The third kappa shape index (κ3) is 5.52. The van der Waals surface area contributed by atoms with E-state index in [2.05, 4.69) is 29.4 Å². The number of hydrogen-bond donors (Lipinski definition) is 1. The maximum absolute atomic E-state index is 13.0. The number of benzene rings is 3. The van der Waals surface area contributed by atoms with Crippen molar-refractivity contribution >= 4 is 56.2 Å². The number of rotatable bonds is 7. The van der Waals surface area contributed by atoms with Crippen LogP contribution in [0.5, 0.6) is 0 Å². The Labute approximate surface area is 208 Å². The lowest BCUT2D eigenvalue weighted by Gasteiger charge is -2.05. The van der Waals surface area contributed by atoms with E-state index in [1.54, 1.807) is 35.2 Å². The van der Waals surface area contributed by atoms with E-state index in [4.69, 9.17) is 4.98 Å². The second-order valence-electron chi connectivity index (χ2n) is 7.81. The van der Waals surface area contributed by atoms with Gasteiger partial charge in [-0.2, -0.15) is 0 Å². The summed E-state index contributed by atoms with van der Waals surface area (Å²) >= 11 is 4.76. The molecule has 0 unspecified atom stereocenters. The molecule has 1 amide bonds. The van der Waals surface area contributed by atoms with Crippen LogP contribution in [-0.2, 0) is 17.0 Å². The predicted molar refractivity (Wildman–Crippen MR) is 140 cm³/mol. The number of anilines is 1. The zero-order chi connectivity index (χ0) is 23.5. The quantitative estimate of drug-likeness (QED) is 0.235. The highest BCUT2D eigenvalue weighted by atomic mass is 32.2. The van der Waals surface area contributed by atoms with E-state index in [1.807, 2.05) is 35.7 Å². The maximum Gasteiger partial charge on any atom is 0.230 e. The Bertz CT molecular complexity index is 1440. The van der Waals surface area contributed by atoms with Gasteiger partial charge in [-0.05, 0) is 66.6 Å². The van der Waals surface area contributed by atoms with Gasteiger partial charge in [0, 0.05) is 22.4 Å². The number of fused-ring (bicyclic) bond motifs is 1. The number of nitrogens with one attached hydrogen (secondary N) is 1.